The summed E-state index contributed by atoms with van der Waals surface area (Å²) >= 11 is 0. The molecule has 1 aromatic carbocycles. The Morgan fingerprint density at radius 3 is 2.53 bits per heavy atom. The molecular weight excluding hydrogens is 216 g/mol. The van der Waals surface area contributed by atoms with Crippen molar-refractivity contribution in [1.29, 1.82) is 0 Å². The van der Waals surface area contributed by atoms with Gasteiger partial charge in [0.15, 0.2) is 0 Å². The average molecular weight is 236 g/mol. The van der Waals surface area contributed by atoms with E-state index in [1.165, 1.54) is 0 Å². The molecule has 0 spiro atoms. The van der Waals surface area contributed by atoms with Crippen LogP contribution in [0.1, 0.15) is 19.4 Å². The van der Waals surface area contributed by atoms with Crippen molar-refractivity contribution in [2.45, 2.75) is 26.8 Å². The zero-order valence-electron chi connectivity index (χ0n) is 10.8. The summed E-state index contributed by atoms with van der Waals surface area (Å²) in [5, 5.41) is 2.87. The van der Waals surface area contributed by atoms with Crippen molar-refractivity contribution < 1.29 is 9.53 Å². The van der Waals surface area contributed by atoms with Crippen LogP contribution in [-0.2, 0) is 4.79 Å². The van der Waals surface area contributed by atoms with E-state index in [1.807, 2.05) is 39.0 Å². The molecule has 0 aliphatic carbocycles. The summed E-state index contributed by atoms with van der Waals surface area (Å²) in [6, 6.07) is 5.37. The lowest BCUT2D eigenvalue weighted by Gasteiger charge is -2.16. The van der Waals surface area contributed by atoms with E-state index in [-0.39, 0.29) is 17.9 Å². The van der Waals surface area contributed by atoms with Crippen molar-refractivity contribution in [3.63, 3.8) is 0 Å². The largest absolute Gasteiger partial charge is 0.497 e. The zero-order chi connectivity index (χ0) is 13.0. The summed E-state index contributed by atoms with van der Waals surface area (Å²) in [5.41, 5.74) is 7.46. The van der Waals surface area contributed by atoms with E-state index in [9.17, 15) is 4.79 Å². The number of methoxy groups -OCH3 is 1. The second-order valence-corrected chi connectivity index (χ2v) is 4.32. The zero-order valence-corrected chi connectivity index (χ0v) is 10.8. The number of nitrogens with two attached hydrogens (primary N) is 1. The van der Waals surface area contributed by atoms with E-state index in [1.54, 1.807) is 7.11 Å². The predicted octanol–water partition coefficient (Wildman–Crippen LogP) is 1.93. The van der Waals surface area contributed by atoms with Crippen LogP contribution in [0.25, 0.3) is 0 Å². The molecular formula is C13H20N2O2. The van der Waals surface area contributed by atoms with Crippen LogP contribution in [0.4, 0.5) is 5.69 Å². The number of carbonyl (C=O) groups is 1. The molecule has 0 bridgehead atoms. The van der Waals surface area contributed by atoms with Gasteiger partial charge in [-0.15, -0.1) is 0 Å². The molecule has 0 fully saturated rings. The monoisotopic (exact) mass is 236 g/mol. The fraction of sp³-hybridized carbons (Fsp3) is 0.462. The van der Waals surface area contributed by atoms with Crippen molar-refractivity contribution in [3.05, 3.63) is 23.8 Å². The van der Waals surface area contributed by atoms with E-state index in [2.05, 4.69) is 5.32 Å². The van der Waals surface area contributed by atoms with E-state index < -0.39 is 0 Å². The first kappa shape index (κ1) is 13.5. The van der Waals surface area contributed by atoms with Gasteiger partial charge >= 0.3 is 0 Å². The first-order chi connectivity index (χ1) is 7.95. The lowest BCUT2D eigenvalue weighted by molar-refractivity contribution is -0.119. The van der Waals surface area contributed by atoms with E-state index in [0.29, 0.717) is 0 Å². The molecule has 0 aliphatic rings. The van der Waals surface area contributed by atoms with Gasteiger partial charge in [0, 0.05) is 11.7 Å². The summed E-state index contributed by atoms with van der Waals surface area (Å²) in [4.78, 5) is 11.8. The maximum atomic E-state index is 11.8. The second-order valence-electron chi connectivity index (χ2n) is 4.32. The standard InChI is InChI=1S/C13H20N2O2/c1-8-7-11(17-4)5-6-12(8)15-13(16)9(2)10(3)14/h5-7,9-10H,14H2,1-4H3,(H,15,16). The molecule has 2 atom stereocenters. The third kappa shape index (κ3) is 3.46. The number of anilines is 1. The van der Waals surface area contributed by atoms with Gasteiger partial charge in [0.2, 0.25) is 5.91 Å². The molecule has 4 heteroatoms. The number of rotatable bonds is 4. The Balaban J connectivity index is 2.78. The highest BCUT2D eigenvalue weighted by molar-refractivity contribution is 5.93. The lowest BCUT2D eigenvalue weighted by Crippen LogP contribution is -2.34. The summed E-state index contributed by atoms with van der Waals surface area (Å²) in [7, 11) is 1.62. The number of aryl methyl sites for hydroxylation is 1. The van der Waals surface area contributed by atoms with Crippen molar-refractivity contribution in [2.75, 3.05) is 12.4 Å². The van der Waals surface area contributed by atoms with E-state index in [4.69, 9.17) is 10.5 Å². The average Bonchev–Trinajstić information content (AvgIpc) is 2.30. The molecule has 3 N–H and O–H groups in total. The van der Waals surface area contributed by atoms with Gasteiger partial charge in [0.25, 0.3) is 0 Å². The molecule has 4 nitrogen and oxygen atoms in total. The summed E-state index contributed by atoms with van der Waals surface area (Å²) in [6.07, 6.45) is 0. The number of amides is 1. The highest BCUT2D eigenvalue weighted by Gasteiger charge is 2.17. The van der Waals surface area contributed by atoms with E-state index >= 15 is 0 Å². The third-order valence-corrected chi connectivity index (χ3v) is 2.89. The number of hydrogen-bond acceptors (Lipinski definition) is 3. The fourth-order valence-electron chi connectivity index (χ4n) is 1.39. The maximum Gasteiger partial charge on any atom is 0.228 e. The molecule has 0 saturated heterocycles. The lowest BCUT2D eigenvalue weighted by atomic mass is 10.0. The first-order valence-electron chi connectivity index (χ1n) is 5.66. The molecule has 0 heterocycles. The van der Waals surface area contributed by atoms with Gasteiger partial charge in [-0.05, 0) is 37.6 Å². The highest BCUT2D eigenvalue weighted by atomic mass is 16.5. The highest BCUT2D eigenvalue weighted by Crippen LogP contribution is 2.21. The number of hydrogen-bond donors (Lipinski definition) is 2. The van der Waals surface area contributed by atoms with Gasteiger partial charge < -0.3 is 15.8 Å². The minimum absolute atomic E-state index is 0.0618. The Hall–Kier alpha value is -1.55. The van der Waals surface area contributed by atoms with Crippen LogP contribution in [0, 0.1) is 12.8 Å². The maximum absolute atomic E-state index is 11.8. The van der Waals surface area contributed by atoms with Crippen LogP contribution in [0.3, 0.4) is 0 Å². The number of ether oxygens (including phenoxy) is 1. The summed E-state index contributed by atoms with van der Waals surface area (Å²) in [6.45, 7) is 5.57. The van der Waals surface area contributed by atoms with Crippen LogP contribution in [0.2, 0.25) is 0 Å². The molecule has 0 aliphatic heterocycles. The number of nitrogens with one attached hydrogen (secondary N) is 1. The molecule has 94 valence electrons. The smallest absolute Gasteiger partial charge is 0.228 e. The van der Waals surface area contributed by atoms with Crippen LogP contribution in [0.5, 0.6) is 5.75 Å². The van der Waals surface area contributed by atoms with Gasteiger partial charge in [-0.3, -0.25) is 4.79 Å². The Labute approximate surface area is 102 Å². The van der Waals surface area contributed by atoms with Gasteiger partial charge in [0.05, 0.1) is 13.0 Å². The number of benzene rings is 1. The number of carbonyl (C=O) groups excluding carboxylic acids is 1. The van der Waals surface area contributed by atoms with Gasteiger partial charge in [-0.25, -0.2) is 0 Å². The van der Waals surface area contributed by atoms with Crippen molar-refractivity contribution in [2.24, 2.45) is 11.7 Å². The van der Waals surface area contributed by atoms with Gasteiger partial charge in [-0.1, -0.05) is 6.92 Å². The van der Waals surface area contributed by atoms with Crippen LogP contribution >= 0.6 is 0 Å². The molecule has 0 radical (unpaired) electrons. The topological polar surface area (TPSA) is 64.3 Å². The predicted molar refractivity (Wildman–Crippen MR) is 69.2 cm³/mol. The van der Waals surface area contributed by atoms with Crippen molar-refractivity contribution >= 4 is 11.6 Å². The summed E-state index contributed by atoms with van der Waals surface area (Å²) < 4.78 is 5.11. The van der Waals surface area contributed by atoms with Crippen LogP contribution in [-0.4, -0.2) is 19.1 Å². The fourth-order valence-corrected chi connectivity index (χ4v) is 1.39. The Kier molecular flexibility index (Phi) is 4.52. The first-order valence-corrected chi connectivity index (χ1v) is 5.66. The molecule has 0 saturated carbocycles. The normalized spacial score (nSPS) is 13.9. The molecule has 1 aromatic rings. The molecule has 0 aromatic heterocycles. The Morgan fingerprint density at radius 2 is 2.06 bits per heavy atom. The third-order valence-electron chi connectivity index (χ3n) is 2.89. The van der Waals surface area contributed by atoms with Crippen molar-refractivity contribution in [1.82, 2.24) is 0 Å². The Bertz CT molecular complexity index is 402. The van der Waals surface area contributed by atoms with Gasteiger partial charge in [-0.2, -0.15) is 0 Å². The minimum Gasteiger partial charge on any atom is -0.497 e. The molecule has 17 heavy (non-hydrogen) atoms. The summed E-state index contributed by atoms with van der Waals surface area (Å²) in [5.74, 6) is 0.505. The van der Waals surface area contributed by atoms with E-state index in [0.717, 1.165) is 17.0 Å². The second kappa shape index (κ2) is 5.68. The molecule has 2 unspecified atom stereocenters. The molecule has 1 rings (SSSR count). The Morgan fingerprint density at radius 1 is 1.41 bits per heavy atom. The molecule has 1 amide bonds. The quantitative estimate of drug-likeness (QED) is 0.839. The van der Waals surface area contributed by atoms with Gasteiger partial charge in [0.1, 0.15) is 5.75 Å². The van der Waals surface area contributed by atoms with Crippen LogP contribution in [0.15, 0.2) is 18.2 Å². The van der Waals surface area contributed by atoms with Crippen molar-refractivity contribution in [3.8, 4) is 5.75 Å². The van der Waals surface area contributed by atoms with Crippen LogP contribution < -0.4 is 15.8 Å². The SMILES string of the molecule is COc1ccc(NC(=O)C(C)C(C)N)c(C)c1. The minimum atomic E-state index is -0.212.